The molecule has 0 radical (unpaired) electrons. The highest BCUT2D eigenvalue weighted by atomic mass is 19.1. The molecule has 1 aromatic carbocycles. The van der Waals surface area contributed by atoms with Gasteiger partial charge in [0.2, 0.25) is 5.95 Å². The number of benzene rings is 1. The minimum atomic E-state index is -0.364. The highest BCUT2D eigenvalue weighted by Gasteiger charge is 2.23. The van der Waals surface area contributed by atoms with Gasteiger partial charge < -0.3 is 0 Å². The number of aryl methyl sites for hydroxylation is 1. The summed E-state index contributed by atoms with van der Waals surface area (Å²) >= 11 is 0. The summed E-state index contributed by atoms with van der Waals surface area (Å²) in [4.78, 5) is 9.67. The molecule has 0 aliphatic heterocycles. The molecule has 0 N–H and O–H groups in total. The second kappa shape index (κ2) is 6.55. The zero-order chi connectivity index (χ0) is 20.0. The number of halogens is 1. The summed E-state index contributed by atoms with van der Waals surface area (Å²) in [5.41, 5.74) is 4.18. The molecule has 0 amide bonds. The molecule has 27 heavy (non-hydrogen) atoms. The quantitative estimate of drug-likeness (QED) is 0.620. The Morgan fingerprint density at radius 2 is 1.37 bits per heavy atom. The van der Waals surface area contributed by atoms with E-state index >= 15 is 0 Å². The Balaban J connectivity index is 2.14. The Hall–Kier alpha value is -2.56. The minimum absolute atomic E-state index is 0.0839. The van der Waals surface area contributed by atoms with Crippen molar-refractivity contribution in [2.75, 3.05) is 0 Å². The third-order valence-electron chi connectivity index (χ3n) is 4.50. The van der Waals surface area contributed by atoms with Crippen molar-refractivity contribution in [1.29, 1.82) is 0 Å². The summed E-state index contributed by atoms with van der Waals surface area (Å²) < 4.78 is 14.9. The van der Waals surface area contributed by atoms with Gasteiger partial charge in [-0.2, -0.15) is 9.49 Å². The van der Waals surface area contributed by atoms with Gasteiger partial charge >= 0.3 is 0 Å². The molecule has 0 fully saturated rings. The van der Waals surface area contributed by atoms with Crippen molar-refractivity contribution in [3.8, 4) is 22.6 Å². The summed E-state index contributed by atoms with van der Waals surface area (Å²) in [6.07, 6.45) is 0. The smallest absolute Gasteiger partial charge is 0.211 e. The van der Waals surface area contributed by atoms with Gasteiger partial charge in [0.1, 0.15) is 0 Å². The van der Waals surface area contributed by atoms with Crippen molar-refractivity contribution < 1.29 is 4.39 Å². The van der Waals surface area contributed by atoms with Gasteiger partial charge in [0.25, 0.3) is 0 Å². The molecule has 2 heterocycles. The van der Waals surface area contributed by atoms with Crippen LogP contribution in [0.15, 0.2) is 36.4 Å². The first-order valence-corrected chi connectivity index (χ1v) is 9.15. The normalized spacial score (nSPS) is 12.4. The van der Waals surface area contributed by atoms with E-state index in [0.717, 1.165) is 22.5 Å². The van der Waals surface area contributed by atoms with Gasteiger partial charge in [-0.1, -0.05) is 59.7 Å². The first-order chi connectivity index (χ1) is 12.4. The van der Waals surface area contributed by atoms with E-state index in [0.29, 0.717) is 11.5 Å². The van der Waals surface area contributed by atoms with Gasteiger partial charge in [-0.15, -0.1) is 0 Å². The van der Waals surface area contributed by atoms with Crippen molar-refractivity contribution in [2.45, 2.75) is 52.4 Å². The fourth-order valence-corrected chi connectivity index (χ4v) is 2.75. The van der Waals surface area contributed by atoms with Crippen molar-refractivity contribution in [1.82, 2.24) is 19.7 Å². The first-order valence-electron chi connectivity index (χ1n) is 9.15. The van der Waals surface area contributed by atoms with Gasteiger partial charge in [-0.3, -0.25) is 0 Å². The molecule has 3 rings (SSSR count). The third kappa shape index (κ3) is 4.07. The molecular formula is C22H27FN4. The number of hydrogen-bond acceptors (Lipinski definition) is 3. The molecule has 2 aromatic heterocycles. The standard InChI is InChI=1S/C22H27FN4/c1-21(2,3)17-13-18(22(4,5)6)25-20(24-17)15-10-8-9-14(11-15)16-12-19(23)27(7)26-16/h8-13H,1-7H3. The fraction of sp³-hybridized carbons (Fsp3) is 0.409. The number of aromatic nitrogens is 4. The van der Waals surface area contributed by atoms with E-state index in [-0.39, 0.29) is 16.8 Å². The van der Waals surface area contributed by atoms with Crippen LogP contribution in [-0.4, -0.2) is 19.7 Å². The fourth-order valence-electron chi connectivity index (χ4n) is 2.75. The molecule has 0 spiro atoms. The van der Waals surface area contributed by atoms with Crippen LogP contribution in [0.5, 0.6) is 0 Å². The van der Waals surface area contributed by atoms with E-state index in [9.17, 15) is 4.39 Å². The van der Waals surface area contributed by atoms with Crippen LogP contribution in [0.2, 0.25) is 0 Å². The molecule has 3 aromatic rings. The second-order valence-electron chi connectivity index (χ2n) is 9.02. The highest BCUT2D eigenvalue weighted by Crippen LogP contribution is 2.30. The van der Waals surface area contributed by atoms with Crippen molar-refractivity contribution in [2.24, 2.45) is 7.05 Å². The average molecular weight is 366 g/mol. The first kappa shape index (κ1) is 19.2. The monoisotopic (exact) mass is 366 g/mol. The maximum absolute atomic E-state index is 13.7. The van der Waals surface area contributed by atoms with Gasteiger partial charge in [0.05, 0.1) is 17.1 Å². The molecule has 0 aliphatic rings. The third-order valence-corrected chi connectivity index (χ3v) is 4.50. The molecule has 5 heteroatoms. The Kier molecular flexibility index (Phi) is 4.66. The van der Waals surface area contributed by atoms with E-state index in [2.05, 4.69) is 52.7 Å². The lowest BCUT2D eigenvalue weighted by Crippen LogP contribution is -2.20. The molecule has 0 saturated carbocycles. The summed E-state index contributed by atoms with van der Waals surface area (Å²) in [5.74, 6) is 0.321. The van der Waals surface area contributed by atoms with Crippen LogP contribution >= 0.6 is 0 Å². The minimum Gasteiger partial charge on any atom is -0.242 e. The Labute approximate surface area is 160 Å². The van der Waals surface area contributed by atoms with Gasteiger partial charge in [-0.05, 0) is 12.1 Å². The van der Waals surface area contributed by atoms with Crippen LogP contribution in [0.1, 0.15) is 52.9 Å². The van der Waals surface area contributed by atoms with Crippen LogP contribution in [0, 0.1) is 5.95 Å². The predicted molar refractivity (Wildman–Crippen MR) is 107 cm³/mol. The molecule has 142 valence electrons. The summed E-state index contributed by atoms with van der Waals surface area (Å²) in [7, 11) is 1.59. The van der Waals surface area contributed by atoms with Crippen LogP contribution in [-0.2, 0) is 17.9 Å². The van der Waals surface area contributed by atoms with Crippen molar-refractivity contribution in [3.63, 3.8) is 0 Å². The summed E-state index contributed by atoms with van der Waals surface area (Å²) in [6.45, 7) is 12.9. The Morgan fingerprint density at radius 1 is 0.815 bits per heavy atom. The van der Waals surface area contributed by atoms with Crippen LogP contribution in [0.25, 0.3) is 22.6 Å². The topological polar surface area (TPSA) is 43.6 Å². The SMILES string of the molecule is Cn1nc(-c2cccc(-c3nc(C(C)(C)C)cc(C(C)(C)C)n3)c2)cc1F. The van der Waals surface area contributed by atoms with Crippen molar-refractivity contribution >= 4 is 0 Å². The summed E-state index contributed by atoms with van der Waals surface area (Å²) in [6, 6.07) is 11.3. The average Bonchev–Trinajstić information content (AvgIpc) is 2.92. The lowest BCUT2D eigenvalue weighted by molar-refractivity contribution is 0.504. The number of hydrogen-bond donors (Lipinski definition) is 0. The van der Waals surface area contributed by atoms with Gasteiger partial charge in [-0.25, -0.2) is 14.6 Å². The molecular weight excluding hydrogens is 339 g/mol. The second-order valence-corrected chi connectivity index (χ2v) is 9.02. The largest absolute Gasteiger partial charge is 0.242 e. The van der Waals surface area contributed by atoms with Gasteiger partial charge in [0, 0.05) is 35.1 Å². The summed E-state index contributed by atoms with van der Waals surface area (Å²) in [5, 5.41) is 4.23. The molecule has 0 atom stereocenters. The molecule has 0 saturated heterocycles. The number of nitrogens with zero attached hydrogens (tertiary/aromatic N) is 4. The maximum Gasteiger partial charge on any atom is 0.211 e. The van der Waals surface area contributed by atoms with E-state index in [1.165, 1.54) is 10.7 Å². The van der Waals surface area contributed by atoms with Crippen LogP contribution < -0.4 is 0 Å². The van der Waals surface area contributed by atoms with E-state index in [1.807, 2.05) is 24.3 Å². The Morgan fingerprint density at radius 3 is 1.85 bits per heavy atom. The lowest BCUT2D eigenvalue weighted by atomic mass is 9.86. The molecule has 4 nitrogen and oxygen atoms in total. The van der Waals surface area contributed by atoms with Crippen LogP contribution in [0.4, 0.5) is 4.39 Å². The van der Waals surface area contributed by atoms with Gasteiger partial charge in [0.15, 0.2) is 5.82 Å². The number of rotatable bonds is 2. The zero-order valence-electron chi connectivity index (χ0n) is 17.1. The molecule has 0 aliphatic carbocycles. The zero-order valence-corrected chi connectivity index (χ0v) is 17.1. The van der Waals surface area contributed by atoms with E-state index in [1.54, 1.807) is 7.05 Å². The van der Waals surface area contributed by atoms with Crippen LogP contribution in [0.3, 0.4) is 0 Å². The Bertz CT molecular complexity index is 923. The highest BCUT2D eigenvalue weighted by molar-refractivity contribution is 5.68. The predicted octanol–water partition coefficient (Wildman–Crippen LogP) is 5.28. The molecule has 0 unspecified atom stereocenters. The van der Waals surface area contributed by atoms with E-state index < -0.39 is 0 Å². The maximum atomic E-state index is 13.7. The lowest BCUT2D eigenvalue weighted by Gasteiger charge is -2.24. The molecule has 0 bridgehead atoms. The van der Waals surface area contributed by atoms with Crippen molar-refractivity contribution in [3.05, 3.63) is 53.7 Å². The van der Waals surface area contributed by atoms with E-state index in [4.69, 9.17) is 9.97 Å².